The fourth-order valence-electron chi connectivity index (χ4n) is 2.55. The molecule has 1 unspecified atom stereocenters. The number of rotatable bonds is 5. The average molecular weight is 337 g/mol. The van der Waals surface area contributed by atoms with Gasteiger partial charge in [0.1, 0.15) is 0 Å². The topological polar surface area (TPSA) is 0 Å². The molecule has 0 saturated carbocycles. The fourth-order valence-corrected chi connectivity index (χ4v) is 4.29. The normalized spacial score (nSPS) is 12.6. The SMILES string of the molecule is CCc1cc(CC)c(C(Br)c2ccsc2)c(CC)c1. The highest BCUT2D eigenvalue weighted by molar-refractivity contribution is 9.09. The van der Waals surface area contributed by atoms with Gasteiger partial charge >= 0.3 is 0 Å². The first kappa shape index (κ1) is 14.8. The van der Waals surface area contributed by atoms with Crippen LogP contribution in [0.1, 0.15) is 53.4 Å². The van der Waals surface area contributed by atoms with Crippen LogP contribution in [-0.4, -0.2) is 0 Å². The summed E-state index contributed by atoms with van der Waals surface area (Å²) in [5, 5.41) is 4.40. The molecular formula is C17H21BrS. The number of alkyl halides is 1. The van der Waals surface area contributed by atoms with E-state index in [9.17, 15) is 0 Å². The molecule has 0 fully saturated rings. The predicted octanol–water partition coefficient (Wildman–Crippen LogP) is 5.92. The van der Waals surface area contributed by atoms with Gasteiger partial charge in [0.2, 0.25) is 0 Å². The first-order valence-corrected chi connectivity index (χ1v) is 8.87. The van der Waals surface area contributed by atoms with Crippen molar-refractivity contribution in [3.63, 3.8) is 0 Å². The lowest BCUT2D eigenvalue weighted by Gasteiger charge is -2.19. The first-order chi connectivity index (χ1) is 9.21. The van der Waals surface area contributed by atoms with E-state index in [2.05, 4.69) is 65.7 Å². The lowest BCUT2D eigenvalue weighted by atomic mass is 9.90. The summed E-state index contributed by atoms with van der Waals surface area (Å²) < 4.78 is 0. The molecule has 0 spiro atoms. The van der Waals surface area contributed by atoms with E-state index in [-0.39, 0.29) is 0 Å². The van der Waals surface area contributed by atoms with Gasteiger partial charge in [0.05, 0.1) is 4.83 Å². The molecule has 0 N–H and O–H groups in total. The van der Waals surface area contributed by atoms with E-state index < -0.39 is 0 Å². The van der Waals surface area contributed by atoms with E-state index in [1.807, 2.05) is 0 Å². The highest BCUT2D eigenvalue weighted by atomic mass is 79.9. The van der Waals surface area contributed by atoms with Crippen molar-refractivity contribution in [2.24, 2.45) is 0 Å². The smallest absolute Gasteiger partial charge is 0.0657 e. The van der Waals surface area contributed by atoms with Crippen LogP contribution in [0.25, 0.3) is 0 Å². The van der Waals surface area contributed by atoms with Gasteiger partial charge in [-0.05, 0) is 63.9 Å². The Morgan fingerprint density at radius 1 is 1.05 bits per heavy atom. The van der Waals surface area contributed by atoms with Crippen molar-refractivity contribution < 1.29 is 0 Å². The molecule has 2 heteroatoms. The molecular weight excluding hydrogens is 316 g/mol. The summed E-state index contributed by atoms with van der Waals surface area (Å²) in [5.41, 5.74) is 7.30. The third kappa shape index (κ3) is 3.11. The maximum absolute atomic E-state index is 3.91. The van der Waals surface area contributed by atoms with Crippen LogP contribution < -0.4 is 0 Å². The van der Waals surface area contributed by atoms with Gasteiger partial charge in [0, 0.05) is 0 Å². The second-order valence-electron chi connectivity index (χ2n) is 4.81. The molecule has 2 aromatic rings. The van der Waals surface area contributed by atoms with Gasteiger partial charge in [-0.2, -0.15) is 11.3 Å². The molecule has 2 rings (SSSR count). The lowest BCUT2D eigenvalue weighted by molar-refractivity contribution is 0.976. The van der Waals surface area contributed by atoms with Crippen molar-refractivity contribution in [3.05, 3.63) is 56.8 Å². The average Bonchev–Trinajstić information content (AvgIpc) is 2.99. The predicted molar refractivity (Wildman–Crippen MR) is 89.7 cm³/mol. The number of benzene rings is 1. The summed E-state index contributed by atoms with van der Waals surface area (Å²) in [5.74, 6) is 0. The second-order valence-corrected chi connectivity index (χ2v) is 6.50. The van der Waals surface area contributed by atoms with Gasteiger partial charge in [0.25, 0.3) is 0 Å². The van der Waals surface area contributed by atoms with E-state index in [1.165, 1.54) is 27.8 Å². The van der Waals surface area contributed by atoms with E-state index in [1.54, 1.807) is 11.3 Å². The van der Waals surface area contributed by atoms with Crippen LogP contribution in [0, 0.1) is 0 Å². The van der Waals surface area contributed by atoms with E-state index in [0.717, 1.165) is 19.3 Å². The molecule has 0 aliphatic rings. The molecule has 0 aliphatic heterocycles. The fraction of sp³-hybridized carbons (Fsp3) is 0.412. The Bertz CT molecular complexity index is 503. The van der Waals surface area contributed by atoms with E-state index >= 15 is 0 Å². The molecule has 0 bridgehead atoms. The van der Waals surface area contributed by atoms with Crippen molar-refractivity contribution in [1.29, 1.82) is 0 Å². The summed E-state index contributed by atoms with van der Waals surface area (Å²) in [6.07, 6.45) is 3.32. The van der Waals surface area contributed by atoms with Crippen LogP contribution in [0.2, 0.25) is 0 Å². The minimum atomic E-state index is 0.328. The maximum atomic E-state index is 3.91. The molecule has 0 amide bonds. The zero-order valence-corrected chi connectivity index (χ0v) is 14.3. The third-order valence-corrected chi connectivity index (χ3v) is 5.36. The minimum absolute atomic E-state index is 0.328. The molecule has 0 saturated heterocycles. The third-order valence-electron chi connectivity index (χ3n) is 3.67. The monoisotopic (exact) mass is 336 g/mol. The summed E-state index contributed by atoms with van der Waals surface area (Å²) in [7, 11) is 0. The van der Waals surface area contributed by atoms with Crippen LogP contribution in [0.15, 0.2) is 29.0 Å². The van der Waals surface area contributed by atoms with Crippen molar-refractivity contribution in [2.75, 3.05) is 0 Å². The molecule has 1 aromatic carbocycles. The molecule has 0 radical (unpaired) electrons. The molecule has 0 aliphatic carbocycles. The number of hydrogen-bond donors (Lipinski definition) is 0. The van der Waals surface area contributed by atoms with Crippen LogP contribution >= 0.6 is 27.3 Å². The second kappa shape index (κ2) is 6.71. The van der Waals surface area contributed by atoms with Crippen molar-refractivity contribution in [3.8, 4) is 0 Å². The van der Waals surface area contributed by atoms with Crippen molar-refractivity contribution in [2.45, 2.75) is 44.9 Å². The Morgan fingerprint density at radius 2 is 1.68 bits per heavy atom. The molecule has 1 atom stereocenters. The molecule has 0 nitrogen and oxygen atoms in total. The summed E-state index contributed by atoms with van der Waals surface area (Å²) in [4.78, 5) is 0.328. The number of thiophene rings is 1. The van der Waals surface area contributed by atoms with Gasteiger partial charge in [-0.15, -0.1) is 0 Å². The molecule has 102 valence electrons. The van der Waals surface area contributed by atoms with Gasteiger partial charge in [-0.1, -0.05) is 48.8 Å². The van der Waals surface area contributed by atoms with E-state index in [4.69, 9.17) is 0 Å². The van der Waals surface area contributed by atoms with Gasteiger partial charge in [0.15, 0.2) is 0 Å². The quantitative estimate of drug-likeness (QED) is 0.594. The zero-order chi connectivity index (χ0) is 13.8. The number of aryl methyl sites for hydroxylation is 3. The van der Waals surface area contributed by atoms with Crippen LogP contribution in [0.4, 0.5) is 0 Å². The lowest BCUT2D eigenvalue weighted by Crippen LogP contribution is -2.04. The highest BCUT2D eigenvalue weighted by Crippen LogP contribution is 2.37. The Morgan fingerprint density at radius 3 is 2.11 bits per heavy atom. The van der Waals surface area contributed by atoms with Crippen molar-refractivity contribution in [1.82, 2.24) is 0 Å². The number of hydrogen-bond acceptors (Lipinski definition) is 1. The minimum Gasteiger partial charge on any atom is -0.152 e. The Labute approximate surface area is 129 Å². The zero-order valence-electron chi connectivity index (χ0n) is 11.9. The largest absolute Gasteiger partial charge is 0.152 e. The van der Waals surface area contributed by atoms with Crippen LogP contribution in [-0.2, 0) is 19.3 Å². The highest BCUT2D eigenvalue weighted by Gasteiger charge is 2.18. The summed E-state index contributed by atoms with van der Waals surface area (Å²) in [6, 6.07) is 6.99. The molecule has 1 heterocycles. The van der Waals surface area contributed by atoms with Gasteiger partial charge in [-0.3, -0.25) is 0 Å². The Kier molecular flexibility index (Phi) is 5.23. The van der Waals surface area contributed by atoms with E-state index in [0.29, 0.717) is 4.83 Å². The first-order valence-electron chi connectivity index (χ1n) is 7.01. The van der Waals surface area contributed by atoms with Crippen molar-refractivity contribution >= 4 is 27.3 Å². The van der Waals surface area contributed by atoms with Crippen LogP contribution in [0.3, 0.4) is 0 Å². The molecule has 1 aromatic heterocycles. The Balaban J connectivity index is 2.54. The Hall–Kier alpha value is -0.600. The molecule has 19 heavy (non-hydrogen) atoms. The van der Waals surface area contributed by atoms with Gasteiger partial charge in [-0.25, -0.2) is 0 Å². The summed E-state index contributed by atoms with van der Waals surface area (Å²) >= 11 is 5.68. The standard InChI is InChI=1S/C17H21BrS/c1-4-12-9-13(5-2)16(14(6-3)10-12)17(18)15-7-8-19-11-15/h7-11,17H,4-6H2,1-3H3. The van der Waals surface area contributed by atoms with Gasteiger partial charge < -0.3 is 0 Å². The van der Waals surface area contributed by atoms with Crippen LogP contribution in [0.5, 0.6) is 0 Å². The maximum Gasteiger partial charge on any atom is 0.0657 e. The summed E-state index contributed by atoms with van der Waals surface area (Å²) in [6.45, 7) is 6.74. The number of halogens is 1.